The van der Waals surface area contributed by atoms with Gasteiger partial charge in [0.05, 0.1) is 5.92 Å². The first-order valence-corrected chi connectivity index (χ1v) is 13.9. The average molecular weight is 535 g/mol. The summed E-state index contributed by atoms with van der Waals surface area (Å²) in [6.45, 7) is 7.27. The molecule has 7 nitrogen and oxygen atoms in total. The number of aromatic nitrogens is 3. The predicted molar refractivity (Wildman–Crippen MR) is 152 cm³/mol. The number of carbonyl (C=O) groups is 2. The third-order valence-electron chi connectivity index (χ3n) is 8.19. The van der Waals surface area contributed by atoms with E-state index < -0.39 is 12.0 Å². The molecule has 1 saturated carbocycles. The van der Waals surface area contributed by atoms with E-state index in [2.05, 4.69) is 54.4 Å². The molecular weight excluding hydrogens is 500 g/mol. The number of carbonyl (C=O) groups excluding carboxylic acids is 2. The Morgan fingerprint density at radius 3 is 2.50 bits per heavy atom. The van der Waals surface area contributed by atoms with Crippen LogP contribution in [0.4, 0.5) is 0 Å². The number of hydrogen-bond donors (Lipinski definition) is 1. The van der Waals surface area contributed by atoms with Crippen molar-refractivity contribution in [3.05, 3.63) is 108 Å². The summed E-state index contributed by atoms with van der Waals surface area (Å²) in [6, 6.07) is 22.9. The van der Waals surface area contributed by atoms with Crippen molar-refractivity contribution in [2.45, 2.75) is 57.0 Å². The number of rotatable bonds is 5. The third-order valence-corrected chi connectivity index (χ3v) is 8.19. The molecule has 4 aromatic rings. The highest BCUT2D eigenvalue weighted by Gasteiger charge is 2.49. The van der Waals surface area contributed by atoms with Crippen LogP contribution in [0, 0.1) is 5.92 Å². The Morgan fingerprint density at radius 1 is 0.950 bits per heavy atom. The number of fused-ring (bicyclic) bond motifs is 1. The zero-order valence-corrected chi connectivity index (χ0v) is 23.1. The molecule has 40 heavy (non-hydrogen) atoms. The van der Waals surface area contributed by atoms with Crippen molar-refractivity contribution in [2.75, 3.05) is 6.54 Å². The summed E-state index contributed by atoms with van der Waals surface area (Å²) in [5.41, 5.74) is 4.37. The van der Waals surface area contributed by atoms with E-state index in [1.54, 1.807) is 11.0 Å². The molecule has 204 valence electrons. The zero-order valence-electron chi connectivity index (χ0n) is 23.1. The van der Waals surface area contributed by atoms with Gasteiger partial charge in [-0.2, -0.15) is 5.10 Å². The normalized spacial score (nSPS) is 23.1. The van der Waals surface area contributed by atoms with Gasteiger partial charge in [0.1, 0.15) is 36.0 Å². The van der Waals surface area contributed by atoms with Crippen molar-refractivity contribution in [3.8, 4) is 11.5 Å². The molecule has 3 aromatic carbocycles. The van der Waals surface area contributed by atoms with E-state index in [1.165, 1.54) is 17.5 Å². The number of benzene rings is 3. The van der Waals surface area contributed by atoms with E-state index in [-0.39, 0.29) is 35.4 Å². The molecule has 7 heteroatoms. The van der Waals surface area contributed by atoms with Gasteiger partial charge >= 0.3 is 0 Å². The first kappa shape index (κ1) is 26.1. The lowest BCUT2D eigenvalue weighted by atomic mass is 9.69. The maximum Gasteiger partial charge on any atom is 0.170 e. The van der Waals surface area contributed by atoms with Crippen LogP contribution >= 0.6 is 0 Å². The summed E-state index contributed by atoms with van der Waals surface area (Å²) in [6.07, 6.45) is 4.11. The summed E-state index contributed by atoms with van der Waals surface area (Å²) in [5, 5.41) is 7.82. The number of ether oxygens (including phenoxy) is 1. The molecule has 0 spiro atoms. The van der Waals surface area contributed by atoms with Gasteiger partial charge in [0.25, 0.3) is 0 Å². The third kappa shape index (κ3) is 4.97. The van der Waals surface area contributed by atoms with Gasteiger partial charge in [-0.25, -0.2) is 9.67 Å². The quantitative estimate of drug-likeness (QED) is 0.329. The molecule has 0 amide bonds. The average Bonchev–Trinajstić information content (AvgIpc) is 3.47. The highest BCUT2D eigenvalue weighted by Crippen LogP contribution is 2.44. The molecule has 2 aliphatic rings. The monoisotopic (exact) mass is 534 g/mol. The van der Waals surface area contributed by atoms with E-state index >= 15 is 0 Å². The summed E-state index contributed by atoms with van der Waals surface area (Å²) in [5.74, 6) is 0.0325. The van der Waals surface area contributed by atoms with Crippen molar-refractivity contribution in [1.29, 1.82) is 0 Å². The molecule has 1 aliphatic heterocycles. The molecule has 0 unspecified atom stereocenters. The summed E-state index contributed by atoms with van der Waals surface area (Å²) in [4.78, 5) is 32.1. The summed E-state index contributed by atoms with van der Waals surface area (Å²) in [7, 11) is 0. The highest BCUT2D eigenvalue weighted by atomic mass is 16.5. The van der Waals surface area contributed by atoms with E-state index in [4.69, 9.17) is 4.74 Å². The number of hydrogen-bond acceptors (Lipinski definition) is 6. The molecule has 0 radical (unpaired) electrons. The Morgan fingerprint density at radius 2 is 1.75 bits per heavy atom. The lowest BCUT2D eigenvalue weighted by Gasteiger charge is -2.39. The van der Waals surface area contributed by atoms with Gasteiger partial charge in [0.15, 0.2) is 5.78 Å². The van der Waals surface area contributed by atoms with Crippen molar-refractivity contribution in [2.24, 2.45) is 5.92 Å². The van der Waals surface area contributed by atoms with Crippen LogP contribution in [0.2, 0.25) is 0 Å². The second-order valence-electron chi connectivity index (χ2n) is 11.8. The molecule has 0 saturated heterocycles. The van der Waals surface area contributed by atoms with Crippen molar-refractivity contribution in [1.82, 2.24) is 20.1 Å². The van der Waals surface area contributed by atoms with Gasteiger partial charge < -0.3 is 10.1 Å². The standard InChI is InChI=1S/C33H34N4O3/c1-33(2,3)23-11-13-24(14-12-23)40-25-9-6-8-22(17-25)27-18-28(38)29(32(39)31(27)37-20-34-19-36-37)30-26-10-5-4-7-21(26)15-16-35-30/h4-14,17,19-20,27,29-31,35H,15-16,18H2,1-3H3/t27-,29+,30+,31-/m0/s1. The fourth-order valence-corrected chi connectivity index (χ4v) is 6.13. The van der Waals surface area contributed by atoms with Gasteiger partial charge in [0, 0.05) is 18.4 Å². The van der Waals surface area contributed by atoms with Crippen LogP contribution in [0.15, 0.2) is 85.5 Å². The maximum absolute atomic E-state index is 14.2. The van der Waals surface area contributed by atoms with Crippen LogP contribution < -0.4 is 10.1 Å². The van der Waals surface area contributed by atoms with Gasteiger partial charge in [-0.3, -0.25) is 9.59 Å². The minimum atomic E-state index is -0.785. The smallest absolute Gasteiger partial charge is 0.170 e. The summed E-state index contributed by atoms with van der Waals surface area (Å²) >= 11 is 0. The van der Waals surface area contributed by atoms with Crippen LogP contribution in [0.25, 0.3) is 0 Å². The van der Waals surface area contributed by atoms with Crippen LogP contribution in [0.3, 0.4) is 0 Å². The molecule has 0 bridgehead atoms. The van der Waals surface area contributed by atoms with Crippen molar-refractivity contribution >= 4 is 11.6 Å². The molecule has 1 aliphatic carbocycles. The van der Waals surface area contributed by atoms with Crippen LogP contribution in [0.5, 0.6) is 11.5 Å². The molecule has 1 N–H and O–H groups in total. The van der Waals surface area contributed by atoms with Crippen LogP contribution in [0.1, 0.15) is 67.4 Å². The lowest BCUT2D eigenvalue weighted by Crippen LogP contribution is -2.48. The number of ketones is 2. The second-order valence-corrected chi connectivity index (χ2v) is 11.8. The highest BCUT2D eigenvalue weighted by molar-refractivity contribution is 6.08. The van der Waals surface area contributed by atoms with Gasteiger partial charge in [-0.1, -0.05) is 69.3 Å². The second kappa shape index (κ2) is 10.5. The van der Waals surface area contributed by atoms with Gasteiger partial charge in [-0.15, -0.1) is 0 Å². The zero-order chi connectivity index (χ0) is 27.9. The van der Waals surface area contributed by atoms with Gasteiger partial charge in [-0.05, 0) is 64.9 Å². The Bertz CT molecular complexity index is 1520. The minimum Gasteiger partial charge on any atom is -0.457 e. The Labute approximate surface area is 234 Å². The SMILES string of the molecule is CC(C)(C)c1ccc(Oc2cccc([C@@H]3CC(=O)[C@H]([C@@H]4NCCc5ccccc54)C(=O)[C@H]3n3cncn3)c2)cc1. The molecule has 6 rings (SSSR count). The molecule has 1 aromatic heterocycles. The van der Waals surface area contributed by atoms with Crippen LogP contribution in [-0.4, -0.2) is 32.9 Å². The topological polar surface area (TPSA) is 86.1 Å². The first-order chi connectivity index (χ1) is 19.3. The van der Waals surface area contributed by atoms with E-state index in [9.17, 15) is 9.59 Å². The molecule has 2 heterocycles. The van der Waals surface area contributed by atoms with Crippen molar-refractivity contribution in [3.63, 3.8) is 0 Å². The fraction of sp³-hybridized carbons (Fsp3) is 0.333. The predicted octanol–water partition coefficient (Wildman–Crippen LogP) is 5.74. The summed E-state index contributed by atoms with van der Waals surface area (Å²) < 4.78 is 7.81. The van der Waals surface area contributed by atoms with Gasteiger partial charge in [0.2, 0.25) is 0 Å². The van der Waals surface area contributed by atoms with E-state index in [0.717, 1.165) is 29.8 Å². The first-order valence-electron chi connectivity index (χ1n) is 13.9. The number of Topliss-reactive ketones (excluding diaryl/α,β-unsaturated/α-hetero) is 2. The van der Waals surface area contributed by atoms with Crippen LogP contribution in [-0.2, 0) is 21.4 Å². The maximum atomic E-state index is 14.2. The Hall–Kier alpha value is -4.10. The minimum absolute atomic E-state index is 0.0512. The van der Waals surface area contributed by atoms with Crippen molar-refractivity contribution < 1.29 is 14.3 Å². The van der Waals surface area contributed by atoms with E-state index in [0.29, 0.717) is 5.75 Å². The molecular formula is C33H34N4O3. The molecule has 1 fully saturated rings. The lowest BCUT2D eigenvalue weighted by molar-refractivity contribution is -0.141. The molecule has 4 atom stereocenters. The Kier molecular flexibility index (Phi) is 6.84. The number of nitrogens with one attached hydrogen (secondary N) is 1. The fourth-order valence-electron chi connectivity index (χ4n) is 6.13. The Balaban J connectivity index is 1.31. The largest absolute Gasteiger partial charge is 0.457 e. The number of nitrogens with zero attached hydrogens (tertiary/aromatic N) is 3. The van der Waals surface area contributed by atoms with E-state index in [1.807, 2.05) is 54.6 Å².